The van der Waals surface area contributed by atoms with Crippen LogP contribution in [0.4, 0.5) is 11.4 Å². The summed E-state index contributed by atoms with van der Waals surface area (Å²) in [5.74, 6) is -1.70. The molecule has 10 heteroatoms. The van der Waals surface area contributed by atoms with Crippen LogP contribution in [0.1, 0.15) is 0 Å². The highest BCUT2D eigenvalue weighted by Gasteiger charge is 2.18. The number of ether oxygens (including phenoxy) is 1. The zero-order valence-electron chi connectivity index (χ0n) is 12.8. The second kappa shape index (κ2) is 8.57. The first-order chi connectivity index (χ1) is 11.5. The maximum atomic E-state index is 11.8. The Morgan fingerprint density at radius 3 is 2.67 bits per heavy atom. The number of carbonyl (C=O) groups excluding carboxylic acids is 2. The van der Waals surface area contributed by atoms with E-state index in [9.17, 15) is 19.7 Å². The monoisotopic (exact) mass is 356 g/mol. The second-order valence-electron chi connectivity index (χ2n) is 5.09. The van der Waals surface area contributed by atoms with Gasteiger partial charge in [0.2, 0.25) is 0 Å². The lowest BCUT2D eigenvalue weighted by atomic mass is 10.2. The predicted octanol–water partition coefficient (Wildman–Crippen LogP) is 0.635. The van der Waals surface area contributed by atoms with Gasteiger partial charge in [-0.05, 0) is 12.1 Å². The Kier molecular flexibility index (Phi) is 6.47. The van der Waals surface area contributed by atoms with Gasteiger partial charge in [0.15, 0.2) is 0 Å². The molecule has 1 aromatic rings. The van der Waals surface area contributed by atoms with Crippen LogP contribution in [0.5, 0.6) is 0 Å². The van der Waals surface area contributed by atoms with E-state index >= 15 is 0 Å². The summed E-state index contributed by atoms with van der Waals surface area (Å²) in [6.07, 6.45) is 0. The molecule has 1 aliphatic heterocycles. The molecule has 0 radical (unpaired) electrons. The van der Waals surface area contributed by atoms with Crippen LogP contribution in [0.3, 0.4) is 0 Å². The van der Waals surface area contributed by atoms with Gasteiger partial charge in [0, 0.05) is 37.9 Å². The number of amides is 2. The van der Waals surface area contributed by atoms with Gasteiger partial charge in [-0.25, -0.2) is 0 Å². The Morgan fingerprint density at radius 1 is 1.29 bits per heavy atom. The number of rotatable bonds is 5. The Labute approximate surface area is 143 Å². The summed E-state index contributed by atoms with van der Waals surface area (Å²) >= 11 is 5.69. The van der Waals surface area contributed by atoms with E-state index in [0.29, 0.717) is 26.3 Å². The van der Waals surface area contributed by atoms with E-state index in [2.05, 4.69) is 15.5 Å². The molecule has 0 atom stereocenters. The zero-order chi connectivity index (χ0) is 17.5. The third kappa shape index (κ3) is 5.15. The van der Waals surface area contributed by atoms with Gasteiger partial charge in [0.1, 0.15) is 5.02 Å². The van der Waals surface area contributed by atoms with Crippen LogP contribution in [0.25, 0.3) is 0 Å². The molecule has 0 spiro atoms. The van der Waals surface area contributed by atoms with Gasteiger partial charge in [0.25, 0.3) is 5.69 Å². The second-order valence-corrected chi connectivity index (χ2v) is 5.49. The molecule has 2 N–H and O–H groups in total. The Hall–Kier alpha value is -2.23. The molecule has 1 saturated heterocycles. The number of anilines is 1. The summed E-state index contributed by atoms with van der Waals surface area (Å²) in [5, 5.41) is 15.6. The summed E-state index contributed by atoms with van der Waals surface area (Å²) in [6.45, 7) is 3.84. The van der Waals surface area contributed by atoms with E-state index < -0.39 is 16.7 Å². The Balaban J connectivity index is 1.81. The molecule has 1 aliphatic rings. The average Bonchev–Trinajstić information content (AvgIpc) is 2.57. The molecule has 130 valence electrons. The quantitative estimate of drug-likeness (QED) is 0.454. The minimum atomic E-state index is -0.895. The lowest BCUT2D eigenvalue weighted by Gasteiger charge is -2.26. The summed E-state index contributed by atoms with van der Waals surface area (Å²) < 4.78 is 5.22. The fourth-order valence-corrected chi connectivity index (χ4v) is 2.34. The highest BCUT2D eigenvalue weighted by Crippen LogP contribution is 2.27. The van der Waals surface area contributed by atoms with Crippen LogP contribution in [-0.2, 0) is 14.3 Å². The van der Waals surface area contributed by atoms with Gasteiger partial charge in [0.05, 0.1) is 18.1 Å². The number of benzene rings is 1. The Bertz CT molecular complexity index is 634. The summed E-state index contributed by atoms with van der Waals surface area (Å²) in [6, 6.07) is 3.77. The maximum absolute atomic E-state index is 11.8. The number of hydrogen-bond donors (Lipinski definition) is 2. The van der Waals surface area contributed by atoms with E-state index in [1.165, 1.54) is 12.1 Å². The topological polar surface area (TPSA) is 114 Å². The van der Waals surface area contributed by atoms with Crippen molar-refractivity contribution in [3.63, 3.8) is 0 Å². The molecule has 2 rings (SSSR count). The van der Waals surface area contributed by atoms with E-state index in [4.69, 9.17) is 16.3 Å². The number of nitro groups is 1. The van der Waals surface area contributed by atoms with Crippen LogP contribution in [0.2, 0.25) is 5.02 Å². The standard InChI is InChI=1S/C14H17ClN4O5/c15-11-2-1-10(9-12(11)19(22)23)17-14(21)13(20)16-3-4-18-5-7-24-8-6-18/h1-2,9H,3-8H2,(H,16,20)(H,17,21). The van der Waals surface area contributed by atoms with Gasteiger partial charge in [-0.1, -0.05) is 11.6 Å². The summed E-state index contributed by atoms with van der Waals surface area (Å²) in [4.78, 5) is 35.8. The minimum Gasteiger partial charge on any atom is -0.379 e. The molecule has 9 nitrogen and oxygen atoms in total. The molecule has 1 aromatic carbocycles. The summed E-state index contributed by atoms with van der Waals surface area (Å²) in [5.41, 5.74) is -0.221. The van der Waals surface area contributed by atoms with Crippen molar-refractivity contribution in [3.8, 4) is 0 Å². The fourth-order valence-electron chi connectivity index (χ4n) is 2.15. The average molecular weight is 357 g/mol. The van der Waals surface area contributed by atoms with Crippen molar-refractivity contribution in [3.05, 3.63) is 33.3 Å². The van der Waals surface area contributed by atoms with Gasteiger partial charge < -0.3 is 15.4 Å². The number of hydrogen-bond acceptors (Lipinski definition) is 6. The van der Waals surface area contributed by atoms with Crippen LogP contribution in [0, 0.1) is 10.1 Å². The molecule has 24 heavy (non-hydrogen) atoms. The molecule has 0 unspecified atom stereocenters. The molecular formula is C14H17ClN4O5. The molecule has 0 saturated carbocycles. The normalized spacial score (nSPS) is 14.9. The van der Waals surface area contributed by atoms with Crippen molar-refractivity contribution in [2.75, 3.05) is 44.7 Å². The van der Waals surface area contributed by atoms with Crippen LogP contribution >= 0.6 is 11.6 Å². The highest BCUT2D eigenvalue weighted by molar-refractivity contribution is 6.39. The lowest BCUT2D eigenvalue weighted by Crippen LogP contribution is -2.43. The van der Waals surface area contributed by atoms with E-state index in [1.807, 2.05) is 0 Å². The molecule has 0 aliphatic carbocycles. The van der Waals surface area contributed by atoms with Crippen molar-refractivity contribution in [2.45, 2.75) is 0 Å². The van der Waals surface area contributed by atoms with E-state index in [1.54, 1.807) is 0 Å². The largest absolute Gasteiger partial charge is 0.379 e. The minimum absolute atomic E-state index is 0.0482. The number of nitrogens with one attached hydrogen (secondary N) is 2. The molecule has 1 heterocycles. The maximum Gasteiger partial charge on any atom is 0.313 e. The zero-order valence-corrected chi connectivity index (χ0v) is 13.5. The first-order valence-corrected chi connectivity index (χ1v) is 7.68. The lowest BCUT2D eigenvalue weighted by molar-refractivity contribution is -0.384. The summed E-state index contributed by atoms with van der Waals surface area (Å²) in [7, 11) is 0. The van der Waals surface area contributed by atoms with Crippen LogP contribution in [0.15, 0.2) is 18.2 Å². The van der Waals surface area contributed by atoms with Crippen molar-refractivity contribution in [1.29, 1.82) is 0 Å². The first kappa shape index (κ1) is 18.1. The molecular weight excluding hydrogens is 340 g/mol. The SMILES string of the molecule is O=C(NCCN1CCOCC1)C(=O)Nc1ccc(Cl)c([N+](=O)[O-])c1. The fraction of sp³-hybridized carbons (Fsp3) is 0.429. The van der Waals surface area contributed by atoms with Crippen molar-refractivity contribution in [2.24, 2.45) is 0 Å². The predicted molar refractivity (Wildman–Crippen MR) is 87.0 cm³/mol. The number of morpholine rings is 1. The van der Waals surface area contributed by atoms with Crippen LogP contribution < -0.4 is 10.6 Å². The molecule has 2 amide bonds. The van der Waals surface area contributed by atoms with Crippen molar-refractivity contribution < 1.29 is 19.2 Å². The molecule has 0 aromatic heterocycles. The Morgan fingerprint density at radius 2 is 2.00 bits per heavy atom. The number of nitrogens with zero attached hydrogens (tertiary/aromatic N) is 2. The van der Waals surface area contributed by atoms with E-state index in [0.717, 1.165) is 19.2 Å². The number of carbonyl (C=O) groups is 2. The highest BCUT2D eigenvalue weighted by atomic mass is 35.5. The van der Waals surface area contributed by atoms with Gasteiger partial charge >= 0.3 is 11.8 Å². The molecule has 1 fully saturated rings. The van der Waals surface area contributed by atoms with Gasteiger partial charge in [-0.2, -0.15) is 0 Å². The third-order valence-corrected chi connectivity index (χ3v) is 3.74. The number of nitro benzene ring substituents is 1. The van der Waals surface area contributed by atoms with Crippen molar-refractivity contribution >= 4 is 34.8 Å². The first-order valence-electron chi connectivity index (χ1n) is 7.30. The van der Waals surface area contributed by atoms with E-state index in [-0.39, 0.29) is 16.4 Å². The van der Waals surface area contributed by atoms with Crippen molar-refractivity contribution in [1.82, 2.24) is 10.2 Å². The number of halogens is 1. The van der Waals surface area contributed by atoms with Gasteiger partial charge in [-0.3, -0.25) is 24.6 Å². The molecule has 0 bridgehead atoms. The van der Waals surface area contributed by atoms with Gasteiger partial charge in [-0.15, -0.1) is 0 Å². The van der Waals surface area contributed by atoms with Crippen LogP contribution in [-0.4, -0.2) is 61.0 Å². The third-order valence-electron chi connectivity index (χ3n) is 3.42. The smallest absolute Gasteiger partial charge is 0.313 e.